The molecule has 4 N–H and O–H groups in total. The fraction of sp³-hybridized carbons (Fsp3) is 0.500. The molecule has 0 aliphatic heterocycles. The standard InChI is InChI=1S/C20H31N5/c1-5-6-11-22-19-18(15(4)24-20(21)25-19)12-16-7-9-17(10-8-16)13-23-14(2)3/h7-10,14,23H,5-6,11-13H2,1-4H3,(H3,21,22,24,25). The van der Waals surface area contributed by atoms with Crippen molar-refractivity contribution >= 4 is 11.8 Å². The second kappa shape index (κ2) is 9.37. The Kier molecular flexibility index (Phi) is 7.19. The Labute approximate surface area is 151 Å². The highest BCUT2D eigenvalue weighted by Crippen LogP contribution is 2.21. The number of aromatic nitrogens is 2. The summed E-state index contributed by atoms with van der Waals surface area (Å²) in [6, 6.07) is 9.22. The van der Waals surface area contributed by atoms with Gasteiger partial charge in [0.05, 0.1) is 0 Å². The highest BCUT2D eigenvalue weighted by atomic mass is 15.1. The number of nitrogens with two attached hydrogens (primary N) is 1. The van der Waals surface area contributed by atoms with Gasteiger partial charge in [0.2, 0.25) is 5.95 Å². The van der Waals surface area contributed by atoms with E-state index in [1.165, 1.54) is 11.1 Å². The molecule has 0 radical (unpaired) electrons. The van der Waals surface area contributed by atoms with Crippen LogP contribution in [0.25, 0.3) is 0 Å². The third kappa shape index (κ3) is 6.02. The van der Waals surface area contributed by atoms with Gasteiger partial charge in [-0.2, -0.15) is 4.98 Å². The summed E-state index contributed by atoms with van der Waals surface area (Å²) >= 11 is 0. The Balaban J connectivity index is 2.12. The first-order valence-corrected chi connectivity index (χ1v) is 9.17. The fourth-order valence-electron chi connectivity index (χ4n) is 2.66. The van der Waals surface area contributed by atoms with Crippen LogP contribution in [0.4, 0.5) is 11.8 Å². The van der Waals surface area contributed by atoms with Gasteiger partial charge in [-0.05, 0) is 24.5 Å². The molecule has 0 atom stereocenters. The number of benzene rings is 1. The maximum atomic E-state index is 5.83. The number of nitrogen functional groups attached to an aromatic ring is 1. The summed E-state index contributed by atoms with van der Waals surface area (Å²) in [7, 11) is 0. The van der Waals surface area contributed by atoms with Crippen molar-refractivity contribution in [3.05, 3.63) is 46.6 Å². The van der Waals surface area contributed by atoms with Crippen LogP contribution in [0.1, 0.15) is 56.0 Å². The van der Waals surface area contributed by atoms with Crippen molar-refractivity contribution < 1.29 is 0 Å². The number of rotatable bonds is 9. The monoisotopic (exact) mass is 341 g/mol. The van der Waals surface area contributed by atoms with Gasteiger partial charge < -0.3 is 16.4 Å². The summed E-state index contributed by atoms with van der Waals surface area (Å²) in [4.78, 5) is 8.76. The third-order valence-corrected chi connectivity index (χ3v) is 4.17. The van der Waals surface area contributed by atoms with Crippen LogP contribution in [0.5, 0.6) is 0 Å². The van der Waals surface area contributed by atoms with Crippen LogP contribution in [-0.2, 0) is 13.0 Å². The van der Waals surface area contributed by atoms with Gasteiger partial charge in [-0.1, -0.05) is 51.5 Å². The van der Waals surface area contributed by atoms with Gasteiger partial charge in [0, 0.05) is 36.8 Å². The number of hydrogen-bond acceptors (Lipinski definition) is 5. The predicted molar refractivity (Wildman–Crippen MR) is 106 cm³/mol. The van der Waals surface area contributed by atoms with E-state index in [0.717, 1.165) is 49.4 Å². The van der Waals surface area contributed by atoms with Crippen molar-refractivity contribution in [2.75, 3.05) is 17.6 Å². The molecule has 5 heteroatoms. The van der Waals surface area contributed by atoms with E-state index in [1.54, 1.807) is 0 Å². The van der Waals surface area contributed by atoms with E-state index in [-0.39, 0.29) is 0 Å². The quantitative estimate of drug-likeness (QED) is 0.607. The predicted octanol–water partition coefficient (Wildman–Crippen LogP) is 3.67. The van der Waals surface area contributed by atoms with Gasteiger partial charge in [-0.25, -0.2) is 4.98 Å². The van der Waals surface area contributed by atoms with Crippen molar-refractivity contribution in [2.45, 2.75) is 59.5 Å². The van der Waals surface area contributed by atoms with Crippen LogP contribution in [0.15, 0.2) is 24.3 Å². The molecule has 136 valence electrons. The molecule has 0 fully saturated rings. The van der Waals surface area contributed by atoms with Gasteiger partial charge in [-0.15, -0.1) is 0 Å². The Morgan fingerprint density at radius 1 is 1.08 bits per heavy atom. The number of nitrogens with zero attached hydrogens (tertiary/aromatic N) is 2. The van der Waals surface area contributed by atoms with Crippen molar-refractivity contribution in [3.63, 3.8) is 0 Å². The van der Waals surface area contributed by atoms with Crippen molar-refractivity contribution in [2.24, 2.45) is 0 Å². The highest BCUT2D eigenvalue weighted by molar-refractivity contribution is 5.51. The zero-order valence-corrected chi connectivity index (χ0v) is 15.9. The normalized spacial score (nSPS) is 11.1. The molecule has 0 unspecified atom stereocenters. The molecule has 5 nitrogen and oxygen atoms in total. The average molecular weight is 342 g/mol. The second-order valence-electron chi connectivity index (χ2n) is 6.80. The molecule has 1 aromatic carbocycles. The van der Waals surface area contributed by atoms with Gasteiger partial charge in [-0.3, -0.25) is 0 Å². The minimum atomic E-state index is 0.329. The van der Waals surface area contributed by atoms with Crippen molar-refractivity contribution in [1.29, 1.82) is 0 Å². The Morgan fingerprint density at radius 3 is 2.40 bits per heavy atom. The smallest absolute Gasteiger partial charge is 0.222 e. The Bertz CT molecular complexity index is 665. The SMILES string of the molecule is CCCCNc1nc(N)nc(C)c1Cc1ccc(CNC(C)C)cc1. The van der Waals surface area contributed by atoms with Crippen LogP contribution in [0.3, 0.4) is 0 Å². The minimum absolute atomic E-state index is 0.329. The second-order valence-corrected chi connectivity index (χ2v) is 6.80. The van der Waals surface area contributed by atoms with Gasteiger partial charge in [0.15, 0.2) is 0 Å². The largest absolute Gasteiger partial charge is 0.370 e. The highest BCUT2D eigenvalue weighted by Gasteiger charge is 2.11. The summed E-state index contributed by atoms with van der Waals surface area (Å²) in [5, 5.41) is 6.86. The first-order valence-electron chi connectivity index (χ1n) is 9.17. The topological polar surface area (TPSA) is 75.9 Å². The molecule has 2 aromatic rings. The van der Waals surface area contributed by atoms with E-state index in [4.69, 9.17) is 5.73 Å². The van der Waals surface area contributed by atoms with Crippen LogP contribution in [0.2, 0.25) is 0 Å². The minimum Gasteiger partial charge on any atom is -0.370 e. The summed E-state index contributed by atoms with van der Waals surface area (Å²) in [5.74, 6) is 1.19. The first-order chi connectivity index (χ1) is 12.0. The van der Waals surface area contributed by atoms with E-state index in [2.05, 4.69) is 65.6 Å². The zero-order chi connectivity index (χ0) is 18.2. The number of hydrogen-bond donors (Lipinski definition) is 3. The molecule has 25 heavy (non-hydrogen) atoms. The molecule has 0 saturated carbocycles. The van der Waals surface area contributed by atoms with Crippen LogP contribution in [-0.4, -0.2) is 22.6 Å². The van der Waals surface area contributed by atoms with E-state index in [1.807, 2.05) is 6.92 Å². The number of anilines is 2. The summed E-state index contributed by atoms with van der Waals surface area (Å²) in [6.45, 7) is 10.3. The van der Waals surface area contributed by atoms with Crippen LogP contribution in [0, 0.1) is 6.92 Å². The first kappa shape index (κ1) is 19.2. The maximum absolute atomic E-state index is 5.83. The number of unbranched alkanes of at least 4 members (excludes halogenated alkanes) is 1. The van der Waals surface area contributed by atoms with Crippen LogP contribution < -0.4 is 16.4 Å². The van der Waals surface area contributed by atoms with E-state index in [9.17, 15) is 0 Å². The van der Waals surface area contributed by atoms with Gasteiger partial charge >= 0.3 is 0 Å². The molecular weight excluding hydrogens is 310 g/mol. The lowest BCUT2D eigenvalue weighted by Crippen LogP contribution is -2.21. The molecule has 0 spiro atoms. The van der Waals surface area contributed by atoms with E-state index < -0.39 is 0 Å². The lowest BCUT2D eigenvalue weighted by Gasteiger charge is -2.14. The Hall–Kier alpha value is -2.14. The van der Waals surface area contributed by atoms with E-state index in [0.29, 0.717) is 12.0 Å². The summed E-state index contributed by atoms with van der Waals surface area (Å²) in [5.41, 5.74) is 10.4. The molecule has 0 aliphatic carbocycles. The molecular formula is C20H31N5. The molecule has 1 aromatic heterocycles. The number of aryl methyl sites for hydroxylation is 1. The molecule has 0 aliphatic rings. The molecule has 2 rings (SSSR count). The van der Waals surface area contributed by atoms with Crippen molar-refractivity contribution in [1.82, 2.24) is 15.3 Å². The van der Waals surface area contributed by atoms with Crippen molar-refractivity contribution in [3.8, 4) is 0 Å². The maximum Gasteiger partial charge on any atom is 0.222 e. The number of nitrogens with one attached hydrogen (secondary N) is 2. The summed E-state index contributed by atoms with van der Waals surface area (Å²) in [6.07, 6.45) is 3.06. The molecule has 0 bridgehead atoms. The van der Waals surface area contributed by atoms with Gasteiger partial charge in [0.25, 0.3) is 0 Å². The molecule has 1 heterocycles. The zero-order valence-electron chi connectivity index (χ0n) is 15.9. The van der Waals surface area contributed by atoms with Crippen LogP contribution >= 0.6 is 0 Å². The third-order valence-electron chi connectivity index (χ3n) is 4.17. The lowest BCUT2D eigenvalue weighted by molar-refractivity contribution is 0.589. The van der Waals surface area contributed by atoms with E-state index >= 15 is 0 Å². The average Bonchev–Trinajstić information content (AvgIpc) is 2.57. The fourth-order valence-corrected chi connectivity index (χ4v) is 2.66. The van der Waals surface area contributed by atoms with Gasteiger partial charge in [0.1, 0.15) is 5.82 Å². The molecule has 0 saturated heterocycles. The lowest BCUT2D eigenvalue weighted by atomic mass is 10.0. The molecule has 0 amide bonds. The Morgan fingerprint density at radius 2 is 1.76 bits per heavy atom. The summed E-state index contributed by atoms with van der Waals surface area (Å²) < 4.78 is 0.